The Bertz CT molecular complexity index is 690. The molecule has 260 valence electrons. The van der Waals surface area contributed by atoms with Crippen molar-refractivity contribution in [3.8, 4) is 0 Å². The summed E-state index contributed by atoms with van der Waals surface area (Å²) in [6.07, 6.45) is 49.5. The number of rotatable bonds is 34. The Labute approximate surface area is 278 Å². The van der Waals surface area contributed by atoms with Crippen LogP contribution < -0.4 is 0 Å². The zero-order chi connectivity index (χ0) is 32.7. The Morgan fingerprint density at radius 1 is 0.378 bits per heavy atom. The van der Waals surface area contributed by atoms with E-state index in [1.54, 1.807) is 0 Å². The summed E-state index contributed by atoms with van der Waals surface area (Å²) in [6.45, 7) is 4.53. The Hall–Kier alpha value is -2.14. The third kappa shape index (κ3) is 38.0. The highest BCUT2D eigenvalue weighted by atomic mass is 17.5. The minimum absolute atomic E-state index is 0.217. The van der Waals surface area contributed by atoms with Crippen LogP contribution in [0.4, 0.5) is 0 Å². The lowest BCUT2D eigenvalue weighted by atomic mass is 10.1. The van der Waals surface area contributed by atoms with Crippen molar-refractivity contribution < 1.29 is 24.4 Å². The lowest BCUT2D eigenvalue weighted by molar-refractivity contribution is -0.459. The first-order valence-electron chi connectivity index (χ1n) is 18.9. The van der Waals surface area contributed by atoms with Gasteiger partial charge in [-0.1, -0.05) is 165 Å². The molecule has 0 radical (unpaired) electrons. The molecule has 0 rings (SSSR count). The molecule has 0 unspecified atom stereocenters. The van der Waals surface area contributed by atoms with Crippen molar-refractivity contribution >= 4 is 11.9 Å². The first-order chi connectivity index (χ1) is 22.2. The highest BCUT2D eigenvalue weighted by Crippen LogP contribution is 2.12. The van der Waals surface area contributed by atoms with E-state index >= 15 is 0 Å². The van der Waals surface area contributed by atoms with E-state index in [9.17, 15) is 9.59 Å². The molecule has 45 heavy (non-hydrogen) atoms. The van der Waals surface area contributed by atoms with Gasteiger partial charge in [0.2, 0.25) is 0 Å². The van der Waals surface area contributed by atoms with E-state index in [2.05, 4.69) is 77.3 Å². The predicted molar refractivity (Wildman–Crippen MR) is 190 cm³/mol. The van der Waals surface area contributed by atoms with E-state index in [-0.39, 0.29) is 12.8 Å². The molecule has 0 fully saturated rings. The highest BCUT2D eigenvalue weighted by molar-refractivity contribution is 5.69. The van der Waals surface area contributed by atoms with Crippen LogP contribution in [0.25, 0.3) is 0 Å². The molecule has 0 aromatic rings. The average molecular weight is 631 g/mol. The molecule has 0 saturated heterocycles. The molecule has 0 N–H and O–H groups in total. The number of allylic oxidation sites excluding steroid dienone is 8. The topological polar surface area (TPSA) is 61.8 Å². The van der Waals surface area contributed by atoms with Gasteiger partial charge in [0.05, 0.1) is 0 Å². The normalized spacial score (nSPS) is 12.0. The van der Waals surface area contributed by atoms with Crippen LogP contribution in [0.5, 0.6) is 0 Å². The molecule has 5 heteroatoms. The van der Waals surface area contributed by atoms with Crippen molar-refractivity contribution in [2.45, 2.75) is 194 Å². The van der Waals surface area contributed by atoms with Gasteiger partial charge in [-0.2, -0.15) is 0 Å². The molecule has 0 saturated carbocycles. The van der Waals surface area contributed by atoms with Gasteiger partial charge in [0.1, 0.15) is 0 Å². The van der Waals surface area contributed by atoms with Gasteiger partial charge in [-0.05, 0) is 64.2 Å². The monoisotopic (exact) mass is 631 g/mol. The molecule has 0 atom stereocenters. The van der Waals surface area contributed by atoms with Crippen LogP contribution in [0, 0.1) is 0 Å². The molecule has 0 aliphatic heterocycles. The fraction of sp³-hybridized carbons (Fsp3) is 0.750. The van der Waals surface area contributed by atoms with Crippen LogP contribution in [0.3, 0.4) is 0 Å². The van der Waals surface area contributed by atoms with Gasteiger partial charge in [-0.25, -0.2) is 9.59 Å². The van der Waals surface area contributed by atoms with E-state index in [0.29, 0.717) is 12.8 Å². The number of hydrogen-bond acceptors (Lipinski definition) is 5. The van der Waals surface area contributed by atoms with Gasteiger partial charge >= 0.3 is 11.9 Å². The quantitative estimate of drug-likeness (QED) is 0.0306. The number of unbranched alkanes of at least 4 members (excludes halogenated alkanes) is 20. The third-order valence-corrected chi connectivity index (χ3v) is 7.92. The van der Waals surface area contributed by atoms with Crippen molar-refractivity contribution in [3.05, 3.63) is 48.6 Å². The van der Waals surface area contributed by atoms with Gasteiger partial charge in [-0.3, -0.25) is 9.78 Å². The van der Waals surface area contributed by atoms with Crippen molar-refractivity contribution in [1.29, 1.82) is 0 Å². The van der Waals surface area contributed by atoms with Crippen LogP contribution in [-0.2, 0) is 24.4 Å². The highest BCUT2D eigenvalue weighted by Gasteiger charge is 2.08. The number of carbonyl (C=O) groups excluding carboxylic acids is 2. The molecule has 0 aliphatic carbocycles. The zero-order valence-electron chi connectivity index (χ0n) is 29.5. The van der Waals surface area contributed by atoms with Crippen LogP contribution >= 0.6 is 0 Å². The summed E-state index contributed by atoms with van der Waals surface area (Å²) in [5, 5.41) is 4.37. The molecule has 5 nitrogen and oxygen atoms in total. The number of carbonyl (C=O) groups is 2. The number of hydrogen-bond donors (Lipinski definition) is 0. The summed E-state index contributed by atoms with van der Waals surface area (Å²) in [5.74, 6) is -1.07. The summed E-state index contributed by atoms with van der Waals surface area (Å²) in [5.41, 5.74) is 0. The lowest BCUT2D eigenvalue weighted by Gasteiger charge is -2.01. The van der Waals surface area contributed by atoms with Crippen molar-refractivity contribution in [2.24, 2.45) is 0 Å². The molecule has 0 aliphatic rings. The van der Waals surface area contributed by atoms with E-state index in [0.717, 1.165) is 38.5 Å². The van der Waals surface area contributed by atoms with Gasteiger partial charge in [0.25, 0.3) is 0 Å². The van der Waals surface area contributed by atoms with Crippen LogP contribution in [0.1, 0.15) is 194 Å². The van der Waals surface area contributed by atoms with Crippen LogP contribution in [0.2, 0.25) is 0 Å². The molecule has 0 amide bonds. The third-order valence-electron chi connectivity index (χ3n) is 7.92. The second kappa shape index (κ2) is 38.0. The lowest BCUT2D eigenvalue weighted by Crippen LogP contribution is -2.10. The summed E-state index contributed by atoms with van der Waals surface area (Å²) >= 11 is 0. The Morgan fingerprint density at radius 3 is 1.00 bits per heavy atom. The van der Waals surface area contributed by atoms with Crippen molar-refractivity contribution in [2.75, 3.05) is 0 Å². The predicted octanol–water partition coefficient (Wildman–Crippen LogP) is 13.1. The maximum Gasteiger partial charge on any atom is 0.346 e. The SMILES string of the molecule is CCCCCCCCCCC/C=C\C/C=C\CCCC(=O)OOOC(=O)CCC/C=C\C/C=C\CCCCCCCCCCC. The van der Waals surface area contributed by atoms with Gasteiger partial charge in [-0.15, -0.1) is 0 Å². The second-order valence-electron chi connectivity index (χ2n) is 12.4. The Balaban J connectivity index is 3.46. The molecule has 0 bridgehead atoms. The maximum atomic E-state index is 11.7. The fourth-order valence-corrected chi connectivity index (χ4v) is 5.06. The van der Waals surface area contributed by atoms with Gasteiger partial charge in [0.15, 0.2) is 0 Å². The maximum absolute atomic E-state index is 11.7. The van der Waals surface area contributed by atoms with Gasteiger partial charge < -0.3 is 0 Å². The second-order valence-corrected chi connectivity index (χ2v) is 12.4. The molecule has 0 spiro atoms. The van der Waals surface area contributed by atoms with E-state index in [1.807, 2.05) is 0 Å². The van der Waals surface area contributed by atoms with E-state index in [4.69, 9.17) is 0 Å². The fourth-order valence-electron chi connectivity index (χ4n) is 5.06. The van der Waals surface area contributed by atoms with Crippen LogP contribution in [0.15, 0.2) is 48.6 Å². The smallest absolute Gasteiger partial charge is 0.260 e. The summed E-state index contributed by atoms with van der Waals surface area (Å²) in [7, 11) is 0. The zero-order valence-corrected chi connectivity index (χ0v) is 29.5. The first kappa shape index (κ1) is 42.9. The van der Waals surface area contributed by atoms with Crippen molar-refractivity contribution in [1.82, 2.24) is 0 Å². The van der Waals surface area contributed by atoms with E-state index in [1.165, 1.54) is 116 Å². The first-order valence-corrected chi connectivity index (χ1v) is 18.9. The van der Waals surface area contributed by atoms with Gasteiger partial charge in [0, 0.05) is 17.9 Å². The minimum Gasteiger partial charge on any atom is -0.260 e. The molecule has 0 heterocycles. The largest absolute Gasteiger partial charge is 0.346 e. The summed E-state index contributed by atoms with van der Waals surface area (Å²) in [6, 6.07) is 0. The minimum atomic E-state index is -0.536. The standard InChI is InChI=1S/C40H70O5/c1-3-5-7-9-11-13-15-17-19-21-23-25-27-29-31-33-35-37-39(41)43-45-44-40(42)38-36-34-32-30-28-26-24-22-20-18-16-14-12-10-8-6-4-2/h23-26,29-32H,3-22,27-28,33-38H2,1-2H3/b25-23-,26-24-,31-29-,32-30-. The summed E-state index contributed by atoms with van der Waals surface area (Å²) in [4.78, 5) is 32.5. The molecule has 0 aromatic carbocycles. The molecular weight excluding hydrogens is 560 g/mol. The van der Waals surface area contributed by atoms with Crippen LogP contribution in [-0.4, -0.2) is 11.9 Å². The Kier molecular flexibility index (Phi) is 36.2. The van der Waals surface area contributed by atoms with Crippen molar-refractivity contribution in [3.63, 3.8) is 0 Å². The summed E-state index contributed by atoms with van der Waals surface area (Å²) < 4.78 is 0. The van der Waals surface area contributed by atoms with E-state index < -0.39 is 11.9 Å². The molecular formula is C40H70O5. The average Bonchev–Trinajstić information content (AvgIpc) is 3.04. The Morgan fingerprint density at radius 2 is 0.667 bits per heavy atom. The molecule has 0 aromatic heterocycles.